The largest absolute Gasteiger partial charge is 0.496 e. The van der Waals surface area contributed by atoms with Crippen molar-refractivity contribution in [2.45, 2.75) is 19.4 Å². The minimum atomic E-state index is -0.390. The lowest BCUT2D eigenvalue weighted by Gasteiger charge is -2.13. The van der Waals surface area contributed by atoms with Crippen molar-refractivity contribution in [2.75, 3.05) is 13.7 Å². The van der Waals surface area contributed by atoms with Crippen molar-refractivity contribution in [1.29, 1.82) is 0 Å². The quantitative estimate of drug-likeness (QED) is 0.839. The van der Waals surface area contributed by atoms with E-state index in [9.17, 15) is 4.39 Å². The number of hydrogen-bond acceptors (Lipinski definition) is 3. The van der Waals surface area contributed by atoms with Gasteiger partial charge >= 0.3 is 0 Å². The van der Waals surface area contributed by atoms with Gasteiger partial charge in [-0.1, -0.05) is 17.7 Å². The first-order chi connectivity index (χ1) is 10.6. The molecule has 0 saturated carbocycles. The maximum absolute atomic E-state index is 13.0. The molecule has 2 aromatic carbocycles. The van der Waals surface area contributed by atoms with E-state index in [1.54, 1.807) is 7.11 Å². The van der Waals surface area contributed by atoms with Crippen molar-refractivity contribution in [3.8, 4) is 11.5 Å². The summed E-state index contributed by atoms with van der Waals surface area (Å²) < 4.78 is 24.1. The highest BCUT2D eigenvalue weighted by Crippen LogP contribution is 2.28. The van der Waals surface area contributed by atoms with Crippen LogP contribution in [0.25, 0.3) is 0 Å². The van der Waals surface area contributed by atoms with Crippen LogP contribution in [-0.2, 0) is 13.0 Å². The third-order valence-electron chi connectivity index (χ3n) is 3.29. The third kappa shape index (κ3) is 4.36. The molecule has 118 valence electrons. The molecule has 2 N–H and O–H groups in total. The van der Waals surface area contributed by atoms with E-state index in [4.69, 9.17) is 26.8 Å². The topological polar surface area (TPSA) is 44.5 Å². The monoisotopic (exact) mass is 323 g/mol. The fourth-order valence-electron chi connectivity index (χ4n) is 2.15. The van der Waals surface area contributed by atoms with Gasteiger partial charge in [-0.05, 0) is 55.3 Å². The van der Waals surface area contributed by atoms with Crippen LogP contribution in [0, 0.1) is 5.82 Å². The Hall–Kier alpha value is -1.78. The molecule has 0 unspecified atom stereocenters. The van der Waals surface area contributed by atoms with Crippen LogP contribution in [0.1, 0.15) is 17.5 Å². The molecule has 0 radical (unpaired) electrons. The highest BCUT2D eigenvalue weighted by atomic mass is 35.5. The Bertz CT molecular complexity index is 634. The number of rotatable bonds is 7. The van der Waals surface area contributed by atoms with Crippen LogP contribution in [0.15, 0.2) is 36.4 Å². The zero-order valence-corrected chi connectivity index (χ0v) is 13.2. The summed E-state index contributed by atoms with van der Waals surface area (Å²) in [5.41, 5.74) is 7.63. The minimum Gasteiger partial charge on any atom is -0.496 e. The molecular formula is C17H19ClFNO2. The van der Waals surface area contributed by atoms with Crippen LogP contribution in [0.3, 0.4) is 0 Å². The molecule has 2 rings (SSSR count). The predicted octanol–water partition coefficient (Wildman–Crippen LogP) is 3.96. The molecule has 0 spiro atoms. The second kappa shape index (κ2) is 8.01. The zero-order valence-electron chi connectivity index (χ0n) is 12.4. The molecule has 2 aromatic rings. The van der Waals surface area contributed by atoms with E-state index in [-0.39, 0.29) is 5.02 Å². The van der Waals surface area contributed by atoms with E-state index in [1.807, 2.05) is 18.2 Å². The van der Waals surface area contributed by atoms with Crippen molar-refractivity contribution in [1.82, 2.24) is 0 Å². The van der Waals surface area contributed by atoms with E-state index in [2.05, 4.69) is 0 Å². The maximum Gasteiger partial charge on any atom is 0.138 e. The molecule has 0 atom stereocenters. The fraction of sp³-hybridized carbons (Fsp3) is 0.294. The van der Waals surface area contributed by atoms with Gasteiger partial charge in [0.15, 0.2) is 0 Å². The second-order valence-corrected chi connectivity index (χ2v) is 5.31. The third-order valence-corrected chi connectivity index (χ3v) is 3.59. The number of nitrogens with two attached hydrogens (primary N) is 1. The lowest BCUT2D eigenvalue weighted by atomic mass is 10.1. The van der Waals surface area contributed by atoms with Crippen LogP contribution in [0.5, 0.6) is 11.5 Å². The molecule has 0 saturated heterocycles. The molecular weight excluding hydrogens is 305 g/mol. The average molecular weight is 324 g/mol. The number of benzene rings is 2. The molecule has 3 nitrogen and oxygen atoms in total. The summed E-state index contributed by atoms with van der Waals surface area (Å²) in [5.74, 6) is 0.797. The van der Waals surface area contributed by atoms with Gasteiger partial charge in [-0.25, -0.2) is 4.39 Å². The summed E-state index contributed by atoms with van der Waals surface area (Å²) in [6, 6.07) is 10.0. The van der Waals surface area contributed by atoms with Gasteiger partial charge in [0, 0.05) is 5.56 Å². The molecule has 5 heteroatoms. The molecule has 22 heavy (non-hydrogen) atoms. The van der Waals surface area contributed by atoms with Crippen LogP contribution in [0.4, 0.5) is 4.39 Å². The van der Waals surface area contributed by atoms with Gasteiger partial charge in [0.2, 0.25) is 0 Å². The van der Waals surface area contributed by atoms with Crippen LogP contribution < -0.4 is 15.2 Å². The maximum atomic E-state index is 13.0. The standard InChI is InChI=1S/C17H19ClFNO2/c1-21-16-6-4-12(3-2-8-20)9-13(16)11-22-17-7-5-14(19)10-15(17)18/h4-7,9-10H,2-3,8,11,20H2,1H3. The summed E-state index contributed by atoms with van der Waals surface area (Å²) >= 11 is 5.96. The Balaban J connectivity index is 2.13. The molecule has 0 amide bonds. The molecule has 0 heterocycles. The molecule has 0 bridgehead atoms. The molecule has 0 aromatic heterocycles. The second-order valence-electron chi connectivity index (χ2n) is 4.90. The Labute approximate surface area is 134 Å². The first-order valence-electron chi connectivity index (χ1n) is 7.07. The van der Waals surface area contributed by atoms with Crippen LogP contribution in [-0.4, -0.2) is 13.7 Å². The summed E-state index contributed by atoms with van der Waals surface area (Å²) in [6.45, 7) is 0.952. The smallest absolute Gasteiger partial charge is 0.138 e. The fourth-order valence-corrected chi connectivity index (χ4v) is 2.38. The molecule has 0 aliphatic rings. The van der Waals surface area contributed by atoms with Crippen molar-refractivity contribution >= 4 is 11.6 Å². The molecule has 0 fully saturated rings. The van der Waals surface area contributed by atoms with Gasteiger partial charge in [0.25, 0.3) is 0 Å². The summed E-state index contributed by atoms with van der Waals surface area (Å²) in [7, 11) is 1.61. The lowest BCUT2D eigenvalue weighted by molar-refractivity contribution is 0.296. The van der Waals surface area contributed by atoms with E-state index in [0.29, 0.717) is 18.9 Å². The molecule has 0 aliphatic heterocycles. The van der Waals surface area contributed by atoms with Crippen LogP contribution >= 0.6 is 11.6 Å². The first kappa shape index (κ1) is 16.6. The van der Waals surface area contributed by atoms with Crippen molar-refractivity contribution in [3.05, 3.63) is 58.4 Å². The first-order valence-corrected chi connectivity index (χ1v) is 7.45. The summed E-state index contributed by atoms with van der Waals surface area (Å²) in [5, 5.41) is 0.248. The predicted molar refractivity (Wildman–Crippen MR) is 86.1 cm³/mol. The minimum absolute atomic E-state index is 0.248. The highest BCUT2D eigenvalue weighted by molar-refractivity contribution is 6.32. The van der Waals surface area contributed by atoms with Gasteiger partial charge in [-0.15, -0.1) is 0 Å². The van der Waals surface area contributed by atoms with Gasteiger partial charge in [0.1, 0.15) is 23.9 Å². The van der Waals surface area contributed by atoms with Crippen molar-refractivity contribution in [3.63, 3.8) is 0 Å². The number of hydrogen-bond donors (Lipinski definition) is 1. The van der Waals surface area contributed by atoms with Gasteiger partial charge in [0.05, 0.1) is 12.1 Å². The van der Waals surface area contributed by atoms with Gasteiger partial charge in [-0.2, -0.15) is 0 Å². The molecule has 0 aliphatic carbocycles. The Morgan fingerprint density at radius 1 is 1.14 bits per heavy atom. The van der Waals surface area contributed by atoms with Gasteiger partial charge in [-0.3, -0.25) is 0 Å². The average Bonchev–Trinajstić information content (AvgIpc) is 2.52. The lowest BCUT2D eigenvalue weighted by Crippen LogP contribution is -2.03. The Morgan fingerprint density at radius 2 is 1.91 bits per heavy atom. The summed E-state index contributed by atoms with van der Waals surface area (Å²) in [4.78, 5) is 0. The van der Waals surface area contributed by atoms with Crippen LogP contribution in [0.2, 0.25) is 5.02 Å². The van der Waals surface area contributed by atoms with Crippen molar-refractivity contribution < 1.29 is 13.9 Å². The number of ether oxygens (including phenoxy) is 2. The van der Waals surface area contributed by atoms with E-state index < -0.39 is 5.82 Å². The van der Waals surface area contributed by atoms with E-state index in [0.717, 1.165) is 24.2 Å². The Morgan fingerprint density at radius 3 is 2.59 bits per heavy atom. The van der Waals surface area contributed by atoms with Crippen molar-refractivity contribution in [2.24, 2.45) is 5.73 Å². The highest BCUT2D eigenvalue weighted by Gasteiger charge is 2.08. The van der Waals surface area contributed by atoms with Gasteiger partial charge < -0.3 is 15.2 Å². The number of halogens is 2. The Kier molecular flexibility index (Phi) is 6.04. The van der Waals surface area contributed by atoms with E-state index in [1.165, 1.54) is 23.8 Å². The SMILES string of the molecule is COc1ccc(CCCN)cc1COc1ccc(F)cc1Cl. The number of methoxy groups -OCH3 is 1. The number of aryl methyl sites for hydroxylation is 1. The zero-order chi connectivity index (χ0) is 15.9. The summed E-state index contributed by atoms with van der Waals surface area (Å²) in [6.07, 6.45) is 1.83. The normalized spacial score (nSPS) is 10.5. The van der Waals surface area contributed by atoms with E-state index >= 15 is 0 Å².